The summed E-state index contributed by atoms with van der Waals surface area (Å²) in [6, 6.07) is 2.90. The van der Waals surface area contributed by atoms with Gasteiger partial charge in [0.1, 0.15) is 5.82 Å². The number of nitrogens with two attached hydrogens (primary N) is 1. The normalized spacial score (nSPS) is 10.4. The first-order valence-electron chi connectivity index (χ1n) is 3.92. The molecule has 0 unspecified atom stereocenters. The monoisotopic (exact) mass is 211 g/mol. The molecule has 0 aliphatic rings. The lowest BCUT2D eigenvalue weighted by molar-refractivity contribution is 0.632. The zero-order valence-electron chi connectivity index (χ0n) is 7.09. The summed E-state index contributed by atoms with van der Waals surface area (Å²) in [4.78, 5) is 0. The molecule has 3 N–H and O–H groups in total. The van der Waals surface area contributed by atoms with Gasteiger partial charge in [0, 0.05) is 23.0 Å². The molecule has 0 bridgehead atoms. The molecular formula is C9H7ClFN3. The Kier molecular flexibility index (Phi) is 2.13. The standard InChI is InChI=1S/C9H7ClFN3/c10-8-2-6(12)1-7(9(8)11)5-3-13-14-4-5/h1-4H,12H2,(H,13,14). The van der Waals surface area contributed by atoms with E-state index in [0.29, 0.717) is 16.8 Å². The number of nitrogen functional groups attached to an aromatic ring is 1. The summed E-state index contributed by atoms with van der Waals surface area (Å²) in [6.45, 7) is 0. The first kappa shape index (κ1) is 9.02. The fraction of sp³-hybridized carbons (Fsp3) is 0. The number of nitrogens with one attached hydrogen (secondary N) is 1. The van der Waals surface area contributed by atoms with Gasteiger partial charge in [0.25, 0.3) is 0 Å². The molecule has 2 rings (SSSR count). The van der Waals surface area contributed by atoms with E-state index in [9.17, 15) is 4.39 Å². The molecular weight excluding hydrogens is 205 g/mol. The molecule has 0 aliphatic heterocycles. The summed E-state index contributed by atoms with van der Waals surface area (Å²) in [6.07, 6.45) is 3.09. The van der Waals surface area contributed by atoms with E-state index in [4.69, 9.17) is 17.3 Å². The molecule has 72 valence electrons. The van der Waals surface area contributed by atoms with Crippen LogP contribution in [0.2, 0.25) is 5.02 Å². The molecule has 5 heteroatoms. The topological polar surface area (TPSA) is 54.7 Å². The molecule has 0 saturated heterocycles. The fourth-order valence-electron chi connectivity index (χ4n) is 1.22. The van der Waals surface area contributed by atoms with Crippen molar-refractivity contribution in [3.63, 3.8) is 0 Å². The van der Waals surface area contributed by atoms with Crippen LogP contribution in [0.25, 0.3) is 11.1 Å². The Morgan fingerprint density at radius 1 is 1.43 bits per heavy atom. The maximum atomic E-state index is 13.5. The van der Waals surface area contributed by atoms with Gasteiger partial charge in [0.2, 0.25) is 0 Å². The molecule has 0 aliphatic carbocycles. The maximum absolute atomic E-state index is 13.5. The molecule has 0 radical (unpaired) electrons. The number of benzene rings is 1. The zero-order chi connectivity index (χ0) is 10.1. The van der Waals surface area contributed by atoms with Crippen molar-refractivity contribution in [2.75, 3.05) is 5.73 Å². The lowest BCUT2D eigenvalue weighted by Crippen LogP contribution is -1.90. The van der Waals surface area contributed by atoms with E-state index < -0.39 is 5.82 Å². The van der Waals surface area contributed by atoms with Gasteiger partial charge in [-0.25, -0.2) is 4.39 Å². The summed E-state index contributed by atoms with van der Waals surface area (Å²) in [5.74, 6) is -0.484. The Labute approximate surface area is 84.7 Å². The average molecular weight is 212 g/mol. The summed E-state index contributed by atoms with van der Waals surface area (Å²) >= 11 is 5.65. The van der Waals surface area contributed by atoms with E-state index in [2.05, 4.69) is 10.2 Å². The Hall–Kier alpha value is -1.55. The average Bonchev–Trinajstić information content (AvgIpc) is 2.63. The van der Waals surface area contributed by atoms with Crippen LogP contribution < -0.4 is 5.73 Å². The molecule has 2 aromatic rings. The third kappa shape index (κ3) is 1.44. The van der Waals surface area contributed by atoms with Crippen molar-refractivity contribution >= 4 is 17.3 Å². The van der Waals surface area contributed by atoms with Gasteiger partial charge in [0.05, 0.1) is 11.2 Å². The number of halogens is 2. The summed E-state index contributed by atoms with van der Waals surface area (Å²) in [5, 5.41) is 6.33. The molecule has 0 fully saturated rings. The number of anilines is 1. The van der Waals surface area contributed by atoms with Gasteiger partial charge < -0.3 is 5.73 Å². The summed E-state index contributed by atoms with van der Waals surface area (Å²) in [5.41, 5.74) is 6.95. The highest BCUT2D eigenvalue weighted by atomic mass is 35.5. The maximum Gasteiger partial charge on any atom is 0.149 e. The second kappa shape index (κ2) is 3.31. The highest BCUT2D eigenvalue weighted by Crippen LogP contribution is 2.29. The second-order valence-electron chi connectivity index (χ2n) is 2.85. The molecule has 0 atom stereocenters. The third-order valence-electron chi connectivity index (χ3n) is 1.86. The molecule has 0 spiro atoms. The number of hydrogen-bond donors (Lipinski definition) is 2. The van der Waals surface area contributed by atoms with Crippen LogP contribution in [-0.2, 0) is 0 Å². The van der Waals surface area contributed by atoms with Crippen LogP contribution in [-0.4, -0.2) is 10.2 Å². The van der Waals surface area contributed by atoms with Crippen molar-refractivity contribution < 1.29 is 4.39 Å². The van der Waals surface area contributed by atoms with Gasteiger partial charge in [-0.05, 0) is 12.1 Å². The van der Waals surface area contributed by atoms with E-state index in [0.717, 1.165) is 0 Å². The first-order valence-corrected chi connectivity index (χ1v) is 4.30. The third-order valence-corrected chi connectivity index (χ3v) is 2.13. The van der Waals surface area contributed by atoms with Crippen LogP contribution in [0.5, 0.6) is 0 Å². The Balaban J connectivity index is 2.64. The fourth-order valence-corrected chi connectivity index (χ4v) is 1.45. The van der Waals surface area contributed by atoms with Crippen molar-refractivity contribution in [3.8, 4) is 11.1 Å². The predicted octanol–water partition coefficient (Wildman–Crippen LogP) is 2.45. The highest BCUT2D eigenvalue weighted by Gasteiger charge is 2.10. The van der Waals surface area contributed by atoms with Gasteiger partial charge in [-0.15, -0.1) is 0 Å². The molecule has 1 aromatic heterocycles. The number of aromatic nitrogens is 2. The van der Waals surface area contributed by atoms with Crippen LogP contribution in [0.4, 0.5) is 10.1 Å². The number of aromatic amines is 1. The van der Waals surface area contributed by atoms with Crippen molar-refractivity contribution in [1.82, 2.24) is 10.2 Å². The number of nitrogens with zero attached hydrogens (tertiary/aromatic N) is 1. The van der Waals surface area contributed by atoms with E-state index in [1.165, 1.54) is 18.3 Å². The highest BCUT2D eigenvalue weighted by molar-refractivity contribution is 6.31. The lowest BCUT2D eigenvalue weighted by Gasteiger charge is -2.03. The summed E-state index contributed by atoms with van der Waals surface area (Å²) in [7, 11) is 0. The quantitative estimate of drug-likeness (QED) is 0.712. The van der Waals surface area contributed by atoms with Crippen LogP contribution in [0.15, 0.2) is 24.5 Å². The minimum absolute atomic E-state index is 0.0150. The minimum Gasteiger partial charge on any atom is -0.399 e. The van der Waals surface area contributed by atoms with Crippen molar-refractivity contribution in [3.05, 3.63) is 35.4 Å². The predicted molar refractivity (Wildman–Crippen MR) is 53.4 cm³/mol. The lowest BCUT2D eigenvalue weighted by atomic mass is 10.1. The van der Waals surface area contributed by atoms with Crippen LogP contribution in [0.1, 0.15) is 0 Å². The first-order chi connectivity index (χ1) is 6.68. The van der Waals surface area contributed by atoms with Gasteiger partial charge in [-0.2, -0.15) is 5.10 Å². The number of hydrogen-bond acceptors (Lipinski definition) is 2. The molecule has 3 nitrogen and oxygen atoms in total. The molecule has 14 heavy (non-hydrogen) atoms. The van der Waals surface area contributed by atoms with Gasteiger partial charge in [-0.1, -0.05) is 11.6 Å². The van der Waals surface area contributed by atoms with Gasteiger partial charge in [-0.3, -0.25) is 5.10 Å². The van der Waals surface area contributed by atoms with Crippen LogP contribution in [0, 0.1) is 5.82 Å². The van der Waals surface area contributed by atoms with Crippen LogP contribution in [0.3, 0.4) is 0 Å². The van der Waals surface area contributed by atoms with Crippen molar-refractivity contribution in [2.24, 2.45) is 0 Å². The largest absolute Gasteiger partial charge is 0.399 e. The molecule has 1 aromatic carbocycles. The Bertz CT molecular complexity index is 453. The molecule has 0 saturated carbocycles. The van der Waals surface area contributed by atoms with E-state index >= 15 is 0 Å². The molecule has 1 heterocycles. The molecule has 0 amide bonds. The summed E-state index contributed by atoms with van der Waals surface area (Å²) < 4.78 is 13.5. The Morgan fingerprint density at radius 2 is 2.21 bits per heavy atom. The number of rotatable bonds is 1. The number of H-pyrrole nitrogens is 1. The SMILES string of the molecule is Nc1cc(Cl)c(F)c(-c2cn[nH]c2)c1. The van der Waals surface area contributed by atoms with E-state index in [1.54, 1.807) is 6.20 Å². The van der Waals surface area contributed by atoms with E-state index in [1.807, 2.05) is 0 Å². The minimum atomic E-state index is -0.484. The van der Waals surface area contributed by atoms with Gasteiger partial charge in [0.15, 0.2) is 0 Å². The van der Waals surface area contributed by atoms with Gasteiger partial charge >= 0.3 is 0 Å². The smallest absolute Gasteiger partial charge is 0.149 e. The van der Waals surface area contributed by atoms with E-state index in [-0.39, 0.29) is 5.02 Å². The van der Waals surface area contributed by atoms with Crippen molar-refractivity contribution in [2.45, 2.75) is 0 Å². The van der Waals surface area contributed by atoms with Crippen LogP contribution >= 0.6 is 11.6 Å². The van der Waals surface area contributed by atoms with Crippen molar-refractivity contribution in [1.29, 1.82) is 0 Å². The Morgan fingerprint density at radius 3 is 2.86 bits per heavy atom. The zero-order valence-corrected chi connectivity index (χ0v) is 7.85. The second-order valence-corrected chi connectivity index (χ2v) is 3.26.